The topological polar surface area (TPSA) is 18.5 Å². The molecule has 0 N–H and O–H groups in total. The smallest absolute Gasteiger partial charge is 0.103 e. The van der Waals surface area contributed by atoms with Crippen LogP contribution in [0, 0.1) is 11.8 Å². The van der Waals surface area contributed by atoms with Gasteiger partial charge in [0.2, 0.25) is 0 Å². The number of ether oxygens (including phenoxy) is 2. The molecule has 0 aromatic heterocycles. The molecule has 0 saturated heterocycles. The fourth-order valence-electron chi connectivity index (χ4n) is 3.44. The maximum absolute atomic E-state index is 13.6. The summed E-state index contributed by atoms with van der Waals surface area (Å²) in [6.45, 7) is 1.51. The predicted molar refractivity (Wildman–Crippen MR) is 70.4 cm³/mol. The molecular formula is C15H27FO2. The van der Waals surface area contributed by atoms with E-state index in [4.69, 9.17) is 9.47 Å². The lowest BCUT2D eigenvalue weighted by molar-refractivity contribution is -0.0410. The molecule has 0 heterocycles. The van der Waals surface area contributed by atoms with Crippen LogP contribution in [0.25, 0.3) is 0 Å². The van der Waals surface area contributed by atoms with Crippen molar-refractivity contribution in [1.29, 1.82) is 0 Å². The Balaban J connectivity index is 1.70. The highest BCUT2D eigenvalue weighted by Crippen LogP contribution is 2.30. The second-order valence-corrected chi connectivity index (χ2v) is 6.09. The van der Waals surface area contributed by atoms with Gasteiger partial charge >= 0.3 is 0 Å². The van der Waals surface area contributed by atoms with Gasteiger partial charge in [-0.25, -0.2) is 4.39 Å². The minimum atomic E-state index is -0.699. The second-order valence-electron chi connectivity index (χ2n) is 6.09. The first-order chi connectivity index (χ1) is 8.78. The van der Waals surface area contributed by atoms with Gasteiger partial charge in [0.25, 0.3) is 0 Å². The maximum atomic E-state index is 13.6. The van der Waals surface area contributed by atoms with Gasteiger partial charge in [0.15, 0.2) is 0 Å². The Hall–Kier alpha value is -0.150. The third kappa shape index (κ3) is 4.51. The lowest BCUT2D eigenvalue weighted by Gasteiger charge is -2.32. The lowest BCUT2D eigenvalue weighted by atomic mass is 9.86. The van der Waals surface area contributed by atoms with Crippen molar-refractivity contribution in [2.45, 2.75) is 63.6 Å². The standard InChI is InChI=1S/C15H27FO2/c1-17-10-13-7-14(16)9-15(8-13)18-11-12-5-3-2-4-6-12/h12-15H,2-11H2,1H3. The van der Waals surface area contributed by atoms with Gasteiger partial charge in [-0.2, -0.15) is 0 Å². The highest BCUT2D eigenvalue weighted by atomic mass is 19.1. The molecule has 0 aromatic carbocycles. The molecule has 0 radical (unpaired) electrons. The Morgan fingerprint density at radius 2 is 1.72 bits per heavy atom. The summed E-state index contributed by atoms with van der Waals surface area (Å²) in [4.78, 5) is 0. The van der Waals surface area contributed by atoms with Crippen LogP contribution in [-0.2, 0) is 9.47 Å². The number of halogens is 1. The first-order valence-electron chi connectivity index (χ1n) is 7.52. The summed E-state index contributed by atoms with van der Waals surface area (Å²) in [5.74, 6) is 1.06. The van der Waals surface area contributed by atoms with Crippen LogP contribution >= 0.6 is 0 Å². The summed E-state index contributed by atoms with van der Waals surface area (Å²) in [5.41, 5.74) is 0. The van der Waals surface area contributed by atoms with Gasteiger partial charge in [-0.3, -0.25) is 0 Å². The van der Waals surface area contributed by atoms with Crippen LogP contribution in [0.5, 0.6) is 0 Å². The Morgan fingerprint density at radius 3 is 2.44 bits per heavy atom. The quantitative estimate of drug-likeness (QED) is 0.748. The number of methoxy groups -OCH3 is 1. The fourth-order valence-corrected chi connectivity index (χ4v) is 3.44. The van der Waals surface area contributed by atoms with Gasteiger partial charge in [0.05, 0.1) is 6.10 Å². The SMILES string of the molecule is COCC1CC(F)CC(OCC2CCCCC2)C1. The first-order valence-corrected chi connectivity index (χ1v) is 7.52. The number of hydrogen-bond donors (Lipinski definition) is 0. The monoisotopic (exact) mass is 258 g/mol. The van der Waals surface area contributed by atoms with E-state index in [1.54, 1.807) is 7.11 Å². The van der Waals surface area contributed by atoms with E-state index in [9.17, 15) is 4.39 Å². The normalized spacial score (nSPS) is 34.7. The van der Waals surface area contributed by atoms with Crippen molar-refractivity contribution in [3.05, 3.63) is 0 Å². The summed E-state index contributed by atoms with van der Waals surface area (Å²) < 4.78 is 24.8. The molecule has 0 spiro atoms. The van der Waals surface area contributed by atoms with Gasteiger partial charge in [-0.15, -0.1) is 0 Å². The minimum absolute atomic E-state index is 0.121. The van der Waals surface area contributed by atoms with Crippen molar-refractivity contribution in [3.8, 4) is 0 Å². The molecule has 2 saturated carbocycles. The van der Waals surface area contributed by atoms with Crippen LogP contribution in [0.15, 0.2) is 0 Å². The average molecular weight is 258 g/mol. The molecule has 106 valence electrons. The molecular weight excluding hydrogens is 231 g/mol. The van der Waals surface area contributed by atoms with Crippen LogP contribution in [0.1, 0.15) is 51.4 Å². The second kappa shape index (κ2) is 7.44. The summed E-state index contributed by atoms with van der Waals surface area (Å²) in [6.07, 6.45) is 8.30. The van der Waals surface area contributed by atoms with Crippen molar-refractivity contribution in [3.63, 3.8) is 0 Å². The van der Waals surface area contributed by atoms with Crippen LogP contribution < -0.4 is 0 Å². The van der Waals surface area contributed by atoms with Gasteiger partial charge in [-0.1, -0.05) is 19.3 Å². The van der Waals surface area contributed by atoms with E-state index in [0.29, 0.717) is 25.4 Å². The van der Waals surface area contributed by atoms with Crippen LogP contribution in [0.4, 0.5) is 4.39 Å². The number of rotatable bonds is 5. The Labute approximate surface area is 110 Å². The van der Waals surface area contributed by atoms with E-state index in [2.05, 4.69) is 0 Å². The lowest BCUT2D eigenvalue weighted by Crippen LogP contribution is -2.33. The van der Waals surface area contributed by atoms with Gasteiger partial charge in [0, 0.05) is 26.7 Å². The summed E-state index contributed by atoms with van der Waals surface area (Å²) in [5, 5.41) is 0. The molecule has 2 aliphatic carbocycles. The molecule has 18 heavy (non-hydrogen) atoms. The molecule has 0 amide bonds. The van der Waals surface area contributed by atoms with E-state index >= 15 is 0 Å². The highest BCUT2D eigenvalue weighted by Gasteiger charge is 2.30. The summed E-state index contributed by atoms with van der Waals surface area (Å²) in [6, 6.07) is 0. The molecule has 2 rings (SSSR count). The molecule has 3 atom stereocenters. The van der Waals surface area contributed by atoms with Crippen molar-refractivity contribution >= 4 is 0 Å². The zero-order valence-electron chi connectivity index (χ0n) is 11.6. The Bertz CT molecular complexity index is 229. The van der Waals surface area contributed by atoms with Crippen molar-refractivity contribution in [1.82, 2.24) is 0 Å². The molecule has 0 bridgehead atoms. The molecule has 0 aliphatic heterocycles. The Morgan fingerprint density at radius 1 is 0.944 bits per heavy atom. The average Bonchev–Trinajstić information content (AvgIpc) is 2.37. The number of hydrogen-bond acceptors (Lipinski definition) is 2. The van der Waals surface area contributed by atoms with Gasteiger partial charge in [0.1, 0.15) is 6.17 Å². The first kappa shape index (κ1) is 14.3. The molecule has 2 nitrogen and oxygen atoms in total. The van der Waals surface area contributed by atoms with E-state index in [1.165, 1.54) is 32.1 Å². The van der Waals surface area contributed by atoms with Crippen molar-refractivity contribution in [2.24, 2.45) is 11.8 Å². The molecule has 2 aliphatic rings. The summed E-state index contributed by atoms with van der Waals surface area (Å²) >= 11 is 0. The zero-order chi connectivity index (χ0) is 12.8. The molecule has 2 fully saturated rings. The van der Waals surface area contributed by atoms with Crippen molar-refractivity contribution in [2.75, 3.05) is 20.3 Å². The fraction of sp³-hybridized carbons (Fsp3) is 1.00. The molecule has 0 aromatic rings. The third-order valence-electron chi connectivity index (χ3n) is 4.40. The van der Waals surface area contributed by atoms with Crippen LogP contribution in [0.3, 0.4) is 0 Å². The highest BCUT2D eigenvalue weighted by molar-refractivity contribution is 4.80. The largest absolute Gasteiger partial charge is 0.384 e. The van der Waals surface area contributed by atoms with Crippen LogP contribution in [-0.4, -0.2) is 32.6 Å². The minimum Gasteiger partial charge on any atom is -0.384 e. The van der Waals surface area contributed by atoms with Gasteiger partial charge < -0.3 is 9.47 Å². The van der Waals surface area contributed by atoms with E-state index in [0.717, 1.165) is 18.9 Å². The number of alkyl halides is 1. The summed E-state index contributed by atoms with van der Waals surface area (Å²) in [7, 11) is 1.69. The predicted octanol–water partition coefficient (Wildman–Crippen LogP) is 3.74. The Kier molecular flexibility index (Phi) is 5.90. The molecule has 3 unspecified atom stereocenters. The third-order valence-corrected chi connectivity index (χ3v) is 4.40. The van der Waals surface area contributed by atoms with E-state index in [1.807, 2.05) is 0 Å². The zero-order valence-corrected chi connectivity index (χ0v) is 11.6. The van der Waals surface area contributed by atoms with Gasteiger partial charge in [-0.05, 0) is 37.5 Å². The molecule has 3 heteroatoms. The maximum Gasteiger partial charge on any atom is 0.103 e. The van der Waals surface area contributed by atoms with E-state index in [-0.39, 0.29) is 6.10 Å². The van der Waals surface area contributed by atoms with Crippen LogP contribution in [0.2, 0.25) is 0 Å². The van der Waals surface area contributed by atoms with Crippen molar-refractivity contribution < 1.29 is 13.9 Å². The van der Waals surface area contributed by atoms with E-state index < -0.39 is 6.17 Å².